The first kappa shape index (κ1) is 27.9. The van der Waals surface area contributed by atoms with E-state index < -0.39 is 30.6 Å². The van der Waals surface area contributed by atoms with Gasteiger partial charge in [0.1, 0.15) is 0 Å². The molecule has 8 nitrogen and oxygen atoms in total. The number of aliphatic hydroxyl groups is 3. The summed E-state index contributed by atoms with van der Waals surface area (Å²) >= 11 is 1.55. The van der Waals surface area contributed by atoms with Crippen molar-refractivity contribution < 1.29 is 33.3 Å². The number of hydrogen-bond donors (Lipinski definition) is 4. The van der Waals surface area contributed by atoms with Crippen LogP contribution in [0.25, 0.3) is 0 Å². The number of amides is 1. The van der Waals surface area contributed by atoms with Crippen LogP contribution in [0.3, 0.4) is 0 Å². The molecule has 3 aliphatic rings. The van der Waals surface area contributed by atoms with Gasteiger partial charge in [-0.25, -0.2) is 0 Å². The van der Waals surface area contributed by atoms with Crippen LogP contribution in [0.15, 0.2) is 52.6 Å². The summed E-state index contributed by atoms with van der Waals surface area (Å²) < 4.78 is 40.4. The van der Waals surface area contributed by atoms with E-state index in [0.29, 0.717) is 38.4 Å². The molecule has 2 heterocycles. The first-order valence-electron chi connectivity index (χ1n) is 12.3. The number of carbonyl (C=O) groups is 1. The number of nitrogens with zero attached hydrogens (tertiary/aromatic N) is 3. The van der Waals surface area contributed by atoms with Crippen molar-refractivity contribution in [3.05, 3.63) is 47.7 Å². The molecule has 1 fully saturated rings. The Labute approximate surface area is 218 Å². The zero-order chi connectivity index (χ0) is 26.6. The van der Waals surface area contributed by atoms with Gasteiger partial charge in [-0.3, -0.25) is 14.6 Å². The predicted octanol–water partition coefficient (Wildman–Crippen LogP) is 1.19. The Balaban J connectivity index is 1.34. The summed E-state index contributed by atoms with van der Waals surface area (Å²) in [6, 6.07) is 7.59. The van der Waals surface area contributed by atoms with Crippen LogP contribution in [0, 0.1) is 0 Å². The number of carbonyl (C=O) groups excluding carboxylic acids is 1. The Kier molecular flexibility index (Phi) is 9.20. The molecule has 2 unspecified atom stereocenters. The number of fused-ring (bicyclic) bond motifs is 2. The van der Waals surface area contributed by atoms with E-state index in [4.69, 9.17) is 5.11 Å². The van der Waals surface area contributed by atoms with Crippen molar-refractivity contribution in [3.63, 3.8) is 0 Å². The molecule has 1 aromatic carbocycles. The molecule has 1 aliphatic carbocycles. The van der Waals surface area contributed by atoms with E-state index >= 15 is 0 Å². The van der Waals surface area contributed by atoms with Crippen LogP contribution in [-0.4, -0.2) is 114 Å². The van der Waals surface area contributed by atoms with Crippen molar-refractivity contribution in [2.75, 3.05) is 63.9 Å². The summed E-state index contributed by atoms with van der Waals surface area (Å²) in [7, 11) is 0. The van der Waals surface area contributed by atoms with Gasteiger partial charge in [0.2, 0.25) is 5.91 Å². The number of anilines is 1. The van der Waals surface area contributed by atoms with Gasteiger partial charge in [-0.2, -0.15) is 13.2 Å². The third-order valence-corrected chi connectivity index (χ3v) is 8.01. The second kappa shape index (κ2) is 12.2. The van der Waals surface area contributed by atoms with Crippen molar-refractivity contribution in [3.8, 4) is 0 Å². The summed E-state index contributed by atoms with van der Waals surface area (Å²) in [6.07, 6.45) is -3.44. The maximum absolute atomic E-state index is 13.5. The minimum absolute atomic E-state index is 0.00280. The molecule has 4 rings (SSSR count). The van der Waals surface area contributed by atoms with E-state index in [9.17, 15) is 28.2 Å². The summed E-state index contributed by atoms with van der Waals surface area (Å²) in [4.78, 5) is 18.9. The smallest absolute Gasteiger partial charge is 0.394 e. The summed E-state index contributed by atoms with van der Waals surface area (Å²) in [5.41, 5.74) is 0.726. The van der Waals surface area contributed by atoms with Gasteiger partial charge in [0.15, 0.2) is 0 Å². The molecule has 1 amide bonds. The molecule has 1 saturated heterocycles. The Hall–Kier alpha value is -2.09. The maximum Gasteiger partial charge on any atom is 0.416 e. The third-order valence-electron chi connectivity index (χ3n) is 6.69. The van der Waals surface area contributed by atoms with Gasteiger partial charge in [0.05, 0.1) is 48.4 Å². The number of para-hydroxylation sites is 1. The molecular weight excluding hydrogens is 509 g/mol. The van der Waals surface area contributed by atoms with Gasteiger partial charge in [-0.1, -0.05) is 18.2 Å². The summed E-state index contributed by atoms with van der Waals surface area (Å²) in [5, 5.41) is 31.6. The van der Waals surface area contributed by atoms with Crippen LogP contribution in [0.5, 0.6) is 0 Å². The number of allylic oxidation sites excluding steroid dienone is 3. The highest BCUT2D eigenvalue weighted by Gasteiger charge is 2.39. The van der Waals surface area contributed by atoms with Gasteiger partial charge < -0.3 is 25.5 Å². The van der Waals surface area contributed by atoms with E-state index in [0.717, 1.165) is 10.6 Å². The third kappa shape index (κ3) is 7.27. The van der Waals surface area contributed by atoms with Crippen molar-refractivity contribution >= 4 is 23.4 Å². The zero-order valence-corrected chi connectivity index (χ0v) is 21.2. The van der Waals surface area contributed by atoms with Gasteiger partial charge in [0, 0.05) is 49.9 Å². The molecule has 3 atom stereocenters. The lowest BCUT2D eigenvalue weighted by molar-refractivity contribution is -0.123. The lowest BCUT2D eigenvalue weighted by atomic mass is 10.0. The maximum atomic E-state index is 13.5. The molecule has 37 heavy (non-hydrogen) atoms. The molecule has 0 bridgehead atoms. The lowest BCUT2D eigenvalue weighted by Crippen LogP contribution is -2.52. The minimum Gasteiger partial charge on any atom is -0.394 e. The largest absolute Gasteiger partial charge is 0.416 e. The van der Waals surface area contributed by atoms with Crippen LogP contribution < -0.4 is 10.2 Å². The topological polar surface area (TPSA) is 99.5 Å². The number of piperazine rings is 1. The molecule has 0 spiro atoms. The Morgan fingerprint density at radius 3 is 2.49 bits per heavy atom. The van der Waals surface area contributed by atoms with Crippen LogP contribution in [0.4, 0.5) is 18.9 Å². The SMILES string of the molecule is O=C(CN1CCN(CC(O)CN2C3=CC(C(F)(F)F)=CCC3Sc3ccccc32)CC1)NC[C@H](O)CO. The van der Waals surface area contributed by atoms with Crippen LogP contribution >= 0.6 is 11.8 Å². The van der Waals surface area contributed by atoms with Crippen LogP contribution in [0.1, 0.15) is 6.42 Å². The minimum atomic E-state index is -4.42. The number of halogens is 3. The number of hydrogen-bond acceptors (Lipinski definition) is 8. The van der Waals surface area contributed by atoms with Crippen LogP contribution in [-0.2, 0) is 4.79 Å². The van der Waals surface area contributed by atoms with E-state index in [1.54, 1.807) is 11.8 Å². The number of alkyl halides is 3. The molecule has 0 aromatic heterocycles. The van der Waals surface area contributed by atoms with E-state index in [1.807, 2.05) is 34.1 Å². The first-order chi connectivity index (χ1) is 17.6. The van der Waals surface area contributed by atoms with Crippen molar-refractivity contribution in [1.29, 1.82) is 0 Å². The second-order valence-electron chi connectivity index (χ2n) is 9.52. The highest BCUT2D eigenvalue weighted by Crippen LogP contribution is 2.47. The van der Waals surface area contributed by atoms with E-state index in [-0.39, 0.29) is 37.2 Å². The highest BCUT2D eigenvalue weighted by molar-refractivity contribution is 8.00. The standard InChI is InChI=1S/C25H33F3N4O4S/c26-25(27,28)17-5-6-23-21(11-17)32(20-3-1-2-4-22(20)37-23)14-19(35)13-30-7-9-31(10-8-30)15-24(36)29-12-18(34)16-33/h1-5,11,18-19,23,33-35H,6-10,12-16H2,(H,29,36)/t18-,19?,23?/m0/s1. The quantitative estimate of drug-likeness (QED) is 0.370. The van der Waals surface area contributed by atoms with Crippen molar-refractivity contribution in [2.45, 2.75) is 35.0 Å². The summed E-state index contributed by atoms with van der Waals surface area (Å²) in [5.74, 6) is -0.231. The fourth-order valence-corrected chi connectivity index (χ4v) is 6.02. The Morgan fingerprint density at radius 2 is 1.78 bits per heavy atom. The summed E-state index contributed by atoms with van der Waals surface area (Å²) in [6.45, 7) is 2.84. The van der Waals surface area contributed by atoms with E-state index in [2.05, 4.69) is 10.2 Å². The van der Waals surface area contributed by atoms with Gasteiger partial charge in [0.25, 0.3) is 0 Å². The molecule has 4 N–H and O–H groups in total. The van der Waals surface area contributed by atoms with Crippen LogP contribution in [0.2, 0.25) is 0 Å². The average molecular weight is 543 g/mol. The molecular formula is C25H33F3N4O4S. The molecule has 1 aromatic rings. The fourth-order valence-electron chi connectivity index (χ4n) is 4.75. The number of benzene rings is 1. The second-order valence-corrected chi connectivity index (χ2v) is 10.8. The molecule has 0 radical (unpaired) electrons. The monoisotopic (exact) mass is 542 g/mol. The number of β-amino-alcohol motifs (C(OH)–C–C–N with tert-alkyl or cyclic N) is 1. The fraction of sp³-hybridized carbons (Fsp3) is 0.560. The number of nitrogens with one attached hydrogen (secondary N) is 1. The first-order valence-corrected chi connectivity index (χ1v) is 13.2. The highest BCUT2D eigenvalue weighted by atomic mass is 32.2. The van der Waals surface area contributed by atoms with Gasteiger partial charge in [-0.15, -0.1) is 11.8 Å². The zero-order valence-electron chi connectivity index (χ0n) is 20.4. The van der Waals surface area contributed by atoms with Gasteiger partial charge in [-0.05, 0) is 24.6 Å². The Morgan fingerprint density at radius 1 is 1.08 bits per heavy atom. The number of rotatable bonds is 9. The number of thioether (sulfide) groups is 1. The van der Waals surface area contributed by atoms with Crippen molar-refractivity contribution in [2.24, 2.45) is 0 Å². The van der Waals surface area contributed by atoms with E-state index in [1.165, 1.54) is 12.2 Å². The number of aliphatic hydroxyl groups excluding tert-OH is 3. The van der Waals surface area contributed by atoms with Crippen molar-refractivity contribution in [1.82, 2.24) is 15.1 Å². The molecule has 2 aliphatic heterocycles. The molecule has 204 valence electrons. The average Bonchev–Trinajstić information content (AvgIpc) is 2.87. The molecule has 12 heteroatoms. The lowest BCUT2D eigenvalue weighted by Gasteiger charge is -2.41. The predicted molar refractivity (Wildman–Crippen MR) is 135 cm³/mol. The Bertz CT molecular complexity index is 1010. The molecule has 0 saturated carbocycles. The van der Waals surface area contributed by atoms with Gasteiger partial charge >= 0.3 is 6.18 Å². The normalized spacial score (nSPS) is 22.4.